The molecule has 0 aliphatic carbocycles. The number of benzene rings is 3. The number of anilines is 2. The van der Waals surface area contributed by atoms with Crippen molar-refractivity contribution in [3.8, 4) is 40.3 Å². The van der Waals surface area contributed by atoms with Crippen molar-refractivity contribution in [1.82, 2.24) is 34.2 Å². The van der Waals surface area contributed by atoms with Gasteiger partial charge in [-0.3, -0.25) is 24.2 Å². The molecule has 88 heavy (non-hydrogen) atoms. The molecular weight excluding hydrogens is 1180 g/mol. The van der Waals surface area contributed by atoms with Crippen molar-refractivity contribution in [1.29, 1.82) is 5.26 Å². The van der Waals surface area contributed by atoms with Gasteiger partial charge in [0.25, 0.3) is 11.5 Å². The van der Waals surface area contributed by atoms with E-state index in [1.165, 1.54) is 24.3 Å². The molecular formula is C63H62ClF3N10O10S. The summed E-state index contributed by atoms with van der Waals surface area (Å²) in [6.45, 7) is 10.4. The molecule has 20 nitrogen and oxygen atoms in total. The third-order valence-electron chi connectivity index (χ3n) is 18.0. The number of nitrogens with two attached hydrogens (primary N) is 1. The normalized spacial score (nSPS) is 20.7. The standard InChI is InChI=1S/C63H62ClF3N10O10S/c1-7-33(28-85-61(83)76(31(4)5)27-48(79)87-63(9-3)43-21-47-52-41(26-77(47)58(81)42(43)29-84-59(63)82)36(8-2)38-19-35(78)11-14-46(38)70-52)57(80)73-17-18-75(32(6)24-73)56-39-20-44(64)50(37-12-13-45(66)54-49(37)40(23-68)55(69)88-54)51(67)53(39)71-60(72-56)86-30-62-15-10-16-74(62)25-34(65)22-62/h7,11-14,19-21,31-32,34,78H,8-10,15-18,22,24-30,69H2,1-6H3/b33-7+. The number of piperazine rings is 1. The molecule has 0 saturated carbocycles. The number of nitrogen functional groups attached to an aromatic ring is 1. The smallest absolute Gasteiger partial charge is 0.410 e. The van der Waals surface area contributed by atoms with Gasteiger partial charge < -0.3 is 44.2 Å². The number of aromatic nitrogens is 4. The maximum absolute atomic E-state index is 17.6. The largest absolute Gasteiger partial charge is 0.508 e. The number of thiophene rings is 1. The Balaban J connectivity index is 0.762. The van der Waals surface area contributed by atoms with Gasteiger partial charge in [0.05, 0.1) is 55.4 Å². The number of esters is 2. The lowest BCUT2D eigenvalue weighted by Crippen LogP contribution is -2.54. The maximum atomic E-state index is 17.6. The molecule has 12 rings (SSSR count). The maximum Gasteiger partial charge on any atom is 0.410 e. The number of fused-ring (bicyclic) bond motifs is 8. The molecule has 3 fully saturated rings. The number of nitrogens with zero attached hydrogens (tertiary/aromatic N) is 9. The number of hydrogen-bond acceptors (Lipinski definition) is 18. The zero-order valence-electron chi connectivity index (χ0n) is 49.1. The summed E-state index contributed by atoms with van der Waals surface area (Å²) >= 11 is 7.87. The van der Waals surface area contributed by atoms with E-state index in [-0.39, 0.29) is 141 Å². The Morgan fingerprint density at radius 2 is 1.85 bits per heavy atom. The molecule has 4 aromatic heterocycles. The van der Waals surface area contributed by atoms with Crippen LogP contribution in [0.15, 0.2) is 58.9 Å². The number of carbonyl (C=O) groups is 4. The molecule has 0 bridgehead atoms. The molecule has 0 spiro atoms. The summed E-state index contributed by atoms with van der Waals surface area (Å²) in [7, 11) is 0. The van der Waals surface area contributed by atoms with Gasteiger partial charge in [-0.25, -0.2) is 27.7 Å². The summed E-state index contributed by atoms with van der Waals surface area (Å²) in [4.78, 5) is 91.8. The Morgan fingerprint density at radius 1 is 1.06 bits per heavy atom. The molecule has 4 atom stereocenters. The van der Waals surface area contributed by atoms with Crippen LogP contribution in [0.1, 0.15) is 95.0 Å². The molecule has 7 aromatic rings. The number of alkyl halides is 1. The second-order valence-electron chi connectivity index (χ2n) is 23.3. The van der Waals surface area contributed by atoms with E-state index in [0.717, 1.165) is 45.2 Å². The number of rotatable bonds is 14. The zero-order valence-corrected chi connectivity index (χ0v) is 50.7. The van der Waals surface area contributed by atoms with Crippen molar-refractivity contribution >= 4 is 89.6 Å². The molecule has 4 unspecified atom stereocenters. The number of phenols is 1. The van der Waals surface area contributed by atoms with Crippen LogP contribution in [-0.2, 0) is 53.8 Å². The van der Waals surface area contributed by atoms with Crippen LogP contribution in [0, 0.1) is 23.0 Å². The number of halogens is 4. The summed E-state index contributed by atoms with van der Waals surface area (Å²) in [5.74, 6) is -3.59. The topological polar surface area (TPSA) is 249 Å². The number of nitriles is 1. The summed E-state index contributed by atoms with van der Waals surface area (Å²) < 4.78 is 73.0. The Kier molecular flexibility index (Phi) is 15.5. The molecule has 0 radical (unpaired) electrons. The van der Waals surface area contributed by atoms with Crippen LogP contribution in [0.4, 0.5) is 28.8 Å². The number of cyclic esters (lactones) is 1. The zero-order chi connectivity index (χ0) is 62.4. The van der Waals surface area contributed by atoms with Crippen molar-refractivity contribution in [2.24, 2.45) is 0 Å². The van der Waals surface area contributed by atoms with Crippen LogP contribution >= 0.6 is 22.9 Å². The van der Waals surface area contributed by atoms with Gasteiger partial charge in [-0.05, 0) is 107 Å². The second-order valence-corrected chi connectivity index (χ2v) is 24.7. The molecule has 25 heteroatoms. The van der Waals surface area contributed by atoms with E-state index in [4.69, 9.17) is 46.3 Å². The molecule has 3 aromatic carbocycles. The van der Waals surface area contributed by atoms with Gasteiger partial charge in [-0.2, -0.15) is 15.2 Å². The third-order valence-corrected chi connectivity index (χ3v) is 19.3. The lowest BCUT2D eigenvalue weighted by Gasteiger charge is -2.41. The monoisotopic (exact) mass is 1240 g/mol. The quantitative estimate of drug-likeness (QED) is 0.0584. The Hall–Kier alpha value is -8.53. The molecule has 5 aliphatic rings. The number of amides is 2. The molecule has 9 heterocycles. The van der Waals surface area contributed by atoms with E-state index < -0.39 is 83.7 Å². The SMILES string of the molecule is C/C=C(\COC(=O)N(CC(=O)OC1(CC)C(=O)OCc2c1cc1n(c2=O)Cc2c-1nc1ccc(O)cc1c2CC)C(C)C)C(=O)N1CCN(c2nc(OCC34CCCN3CC(F)C4)nc3c(F)c(-c4ccc(F)c5sc(N)c(C#N)c45)c(Cl)cc23)C(C)C1. The van der Waals surface area contributed by atoms with Crippen LogP contribution in [0.2, 0.25) is 5.02 Å². The number of aromatic hydroxyl groups is 1. The number of ether oxygens (including phenoxy) is 4. The van der Waals surface area contributed by atoms with Gasteiger partial charge in [-0.15, -0.1) is 11.3 Å². The highest BCUT2D eigenvalue weighted by molar-refractivity contribution is 7.23. The van der Waals surface area contributed by atoms with Gasteiger partial charge in [0.1, 0.15) is 66.5 Å². The Labute approximate surface area is 511 Å². The minimum absolute atomic E-state index is 0.0296. The van der Waals surface area contributed by atoms with Gasteiger partial charge in [0.15, 0.2) is 5.82 Å². The number of hydrogen-bond donors (Lipinski definition) is 2. The first kappa shape index (κ1) is 59.8. The van der Waals surface area contributed by atoms with Crippen LogP contribution in [0.25, 0.3) is 54.4 Å². The summed E-state index contributed by atoms with van der Waals surface area (Å²) in [5, 5.41) is 21.4. The van der Waals surface area contributed by atoms with Gasteiger partial charge in [0.2, 0.25) is 5.60 Å². The van der Waals surface area contributed by atoms with E-state index in [2.05, 4.69) is 9.88 Å². The van der Waals surface area contributed by atoms with Crippen molar-refractivity contribution < 1.29 is 56.4 Å². The van der Waals surface area contributed by atoms with Crippen LogP contribution in [0.5, 0.6) is 11.8 Å². The predicted molar refractivity (Wildman–Crippen MR) is 323 cm³/mol. The number of aryl methyl sites for hydroxylation is 1. The van der Waals surface area contributed by atoms with E-state index in [9.17, 15) is 38.7 Å². The molecule has 3 N–H and O–H groups in total. The van der Waals surface area contributed by atoms with E-state index in [0.29, 0.717) is 36.3 Å². The first-order valence-electron chi connectivity index (χ1n) is 29.2. The second kappa shape index (κ2) is 22.9. The first-order valence-corrected chi connectivity index (χ1v) is 30.4. The summed E-state index contributed by atoms with van der Waals surface area (Å²) in [5.41, 5.74) is 6.40. The molecule has 2 amide bonds. The van der Waals surface area contributed by atoms with Crippen LogP contribution in [0.3, 0.4) is 0 Å². The average molecular weight is 1240 g/mol. The van der Waals surface area contributed by atoms with Gasteiger partial charge >= 0.3 is 24.0 Å². The summed E-state index contributed by atoms with van der Waals surface area (Å²) in [6.07, 6.45) is 1.74. The van der Waals surface area contributed by atoms with Crippen LogP contribution < -0.4 is 20.9 Å². The fraction of sp³-hybridized carbons (Fsp3) is 0.413. The predicted octanol–water partition coefficient (Wildman–Crippen LogP) is 9.59. The van der Waals surface area contributed by atoms with Gasteiger partial charge in [0, 0.05) is 77.5 Å². The number of carbonyl (C=O) groups excluding carboxylic acids is 4. The Morgan fingerprint density at radius 3 is 2.58 bits per heavy atom. The average Bonchev–Trinajstić information content (AvgIpc) is 1.40. The minimum Gasteiger partial charge on any atom is -0.508 e. The summed E-state index contributed by atoms with van der Waals surface area (Å²) in [6, 6.07) is 11.2. The highest BCUT2D eigenvalue weighted by atomic mass is 35.5. The fourth-order valence-corrected chi connectivity index (χ4v) is 14.8. The lowest BCUT2D eigenvalue weighted by atomic mass is 9.85. The van der Waals surface area contributed by atoms with E-state index >= 15 is 8.78 Å². The van der Waals surface area contributed by atoms with Crippen LogP contribution in [-0.4, -0.2) is 140 Å². The van der Waals surface area contributed by atoms with E-state index in [1.54, 1.807) is 55.4 Å². The van der Waals surface area contributed by atoms with E-state index in [1.807, 2.05) is 24.8 Å². The molecule has 458 valence electrons. The number of phenolic OH excluding ortho intramolecular Hbond substituents is 1. The number of allylic oxidation sites excluding steroid dienone is 1. The highest BCUT2D eigenvalue weighted by Crippen LogP contribution is 2.48. The van der Waals surface area contributed by atoms with Crippen molar-refractivity contribution in [2.45, 2.75) is 116 Å². The number of pyridine rings is 2. The molecule has 3 saturated heterocycles. The van der Waals surface area contributed by atoms with Crippen molar-refractivity contribution in [2.75, 3.05) is 63.1 Å². The Bertz CT molecular complexity index is 4270. The molecule has 5 aliphatic heterocycles. The van der Waals surface area contributed by atoms with Gasteiger partial charge in [-0.1, -0.05) is 37.6 Å². The van der Waals surface area contributed by atoms with Crippen molar-refractivity contribution in [3.63, 3.8) is 0 Å². The fourth-order valence-electron chi connectivity index (χ4n) is 13.5. The third kappa shape index (κ3) is 9.85. The van der Waals surface area contributed by atoms with Crippen molar-refractivity contribution in [3.05, 3.63) is 109 Å². The lowest BCUT2D eigenvalue weighted by molar-refractivity contribution is -0.190. The highest BCUT2D eigenvalue weighted by Gasteiger charge is 2.52. The minimum atomic E-state index is -2.07. The first-order chi connectivity index (χ1) is 42.1.